The average Bonchev–Trinajstić information content (AvgIpc) is 2.74. The molecular formula is C21H28O7S. The summed E-state index contributed by atoms with van der Waals surface area (Å²) in [5.41, 5.74) is 0.367. The van der Waals surface area contributed by atoms with E-state index in [0.717, 1.165) is 5.56 Å². The molecule has 8 heteroatoms. The molecule has 0 saturated carbocycles. The van der Waals surface area contributed by atoms with Crippen molar-refractivity contribution in [1.82, 2.24) is 0 Å². The molecule has 0 radical (unpaired) electrons. The van der Waals surface area contributed by atoms with Gasteiger partial charge < -0.3 is 23.7 Å². The van der Waals surface area contributed by atoms with Crippen LogP contribution in [0.15, 0.2) is 43.0 Å². The summed E-state index contributed by atoms with van der Waals surface area (Å²) < 4.78 is 27.5. The molecule has 1 heterocycles. The van der Waals surface area contributed by atoms with Gasteiger partial charge in [0.2, 0.25) is 0 Å². The zero-order valence-electron chi connectivity index (χ0n) is 16.9. The second-order valence-electron chi connectivity index (χ2n) is 6.46. The monoisotopic (exact) mass is 424 g/mol. The molecule has 0 bridgehead atoms. The van der Waals surface area contributed by atoms with E-state index >= 15 is 0 Å². The summed E-state index contributed by atoms with van der Waals surface area (Å²) in [6.45, 7) is 7.62. The fraction of sp³-hybridized carbons (Fsp3) is 0.524. The van der Waals surface area contributed by atoms with Crippen molar-refractivity contribution in [3.63, 3.8) is 0 Å². The van der Waals surface area contributed by atoms with Gasteiger partial charge in [-0.1, -0.05) is 56.8 Å². The molecule has 160 valence electrons. The first-order valence-corrected chi connectivity index (χ1v) is 10.5. The van der Waals surface area contributed by atoms with Gasteiger partial charge in [0.15, 0.2) is 12.2 Å². The van der Waals surface area contributed by atoms with E-state index in [1.807, 2.05) is 44.2 Å². The fourth-order valence-electron chi connectivity index (χ4n) is 3.06. The minimum atomic E-state index is -0.836. The zero-order valence-corrected chi connectivity index (χ0v) is 17.8. The van der Waals surface area contributed by atoms with E-state index in [1.54, 1.807) is 0 Å². The molecule has 0 spiro atoms. The van der Waals surface area contributed by atoms with Crippen LogP contribution in [0.25, 0.3) is 0 Å². The Morgan fingerprint density at radius 3 is 2.59 bits per heavy atom. The lowest BCUT2D eigenvalue weighted by atomic mass is 9.91. The lowest BCUT2D eigenvalue weighted by Crippen LogP contribution is -2.57. The number of carbonyl (C=O) groups excluding carboxylic acids is 2. The van der Waals surface area contributed by atoms with Gasteiger partial charge in [-0.2, -0.15) is 0 Å². The van der Waals surface area contributed by atoms with Gasteiger partial charge in [-0.3, -0.25) is 0 Å². The van der Waals surface area contributed by atoms with Crippen LogP contribution in [-0.2, 0) is 35.1 Å². The second kappa shape index (κ2) is 11.8. The number of esters is 1. The van der Waals surface area contributed by atoms with Gasteiger partial charge in [0, 0.05) is 5.92 Å². The van der Waals surface area contributed by atoms with Crippen LogP contribution in [-0.4, -0.2) is 55.3 Å². The predicted octanol–water partition coefficient (Wildman–Crippen LogP) is 3.57. The van der Waals surface area contributed by atoms with E-state index in [4.69, 9.17) is 23.7 Å². The van der Waals surface area contributed by atoms with Crippen LogP contribution in [0.3, 0.4) is 0 Å². The van der Waals surface area contributed by atoms with Crippen LogP contribution in [0.4, 0.5) is 4.79 Å². The van der Waals surface area contributed by atoms with E-state index in [9.17, 15) is 9.59 Å². The third kappa shape index (κ3) is 6.48. The standard InChI is InChI=1S/C21H28O7S/c1-5-12-25-21(23)28-18-16(26-13-15-10-8-7-9-11-15)14(3)17(19(22)24-4)27-20(18)29-6-2/h5,7-11,14,16-18,20H,1,6,12-13H2,2-4H3/t14-,16-,17?,18?,20-/m0/s1. The summed E-state index contributed by atoms with van der Waals surface area (Å²) in [4.78, 5) is 24.4. The SMILES string of the molecule is C=CCOC(=O)OC1[C@@H](OCc2ccccc2)[C@H](C)C(C(=O)OC)O[C@H]1SCC. The number of hydrogen-bond donors (Lipinski definition) is 0. The first kappa shape index (κ1) is 23.3. The average molecular weight is 425 g/mol. The number of methoxy groups -OCH3 is 1. The van der Waals surface area contributed by atoms with Gasteiger partial charge in [-0.05, 0) is 11.3 Å². The molecule has 1 aliphatic rings. The Kier molecular flexibility index (Phi) is 9.50. The molecule has 0 aliphatic carbocycles. The number of hydrogen-bond acceptors (Lipinski definition) is 8. The van der Waals surface area contributed by atoms with E-state index in [0.29, 0.717) is 12.4 Å². The lowest BCUT2D eigenvalue weighted by Gasteiger charge is -2.43. The first-order valence-electron chi connectivity index (χ1n) is 9.46. The highest BCUT2D eigenvalue weighted by molar-refractivity contribution is 7.99. The Hall–Kier alpha value is -2.03. The normalized spacial score (nSPS) is 26.4. The molecule has 1 fully saturated rings. The molecule has 1 saturated heterocycles. The topological polar surface area (TPSA) is 80.3 Å². The predicted molar refractivity (Wildman–Crippen MR) is 109 cm³/mol. The van der Waals surface area contributed by atoms with Crippen molar-refractivity contribution >= 4 is 23.9 Å². The van der Waals surface area contributed by atoms with E-state index in [2.05, 4.69) is 6.58 Å². The molecule has 1 aromatic rings. The van der Waals surface area contributed by atoms with Crippen molar-refractivity contribution < 1.29 is 33.3 Å². The molecule has 5 atom stereocenters. The van der Waals surface area contributed by atoms with E-state index in [-0.39, 0.29) is 6.61 Å². The Morgan fingerprint density at radius 1 is 1.24 bits per heavy atom. The first-order chi connectivity index (χ1) is 14.0. The second-order valence-corrected chi connectivity index (χ2v) is 7.83. The molecule has 0 aromatic heterocycles. The minimum Gasteiger partial charge on any atom is -0.467 e. The zero-order chi connectivity index (χ0) is 21.2. The van der Waals surface area contributed by atoms with Crippen LogP contribution in [0.1, 0.15) is 19.4 Å². The van der Waals surface area contributed by atoms with Crippen molar-refractivity contribution in [1.29, 1.82) is 0 Å². The molecule has 1 aliphatic heterocycles. The van der Waals surface area contributed by atoms with Crippen molar-refractivity contribution in [2.75, 3.05) is 19.5 Å². The third-order valence-electron chi connectivity index (χ3n) is 4.47. The molecule has 1 aromatic carbocycles. The Labute approximate surface area is 175 Å². The highest BCUT2D eigenvalue weighted by Gasteiger charge is 2.50. The highest BCUT2D eigenvalue weighted by atomic mass is 32.2. The number of carbonyl (C=O) groups is 2. The van der Waals surface area contributed by atoms with Gasteiger partial charge >= 0.3 is 12.1 Å². The van der Waals surface area contributed by atoms with Crippen LogP contribution in [0, 0.1) is 5.92 Å². The highest BCUT2D eigenvalue weighted by Crippen LogP contribution is 2.36. The van der Waals surface area contributed by atoms with Crippen LogP contribution in [0.5, 0.6) is 0 Å². The maximum absolute atomic E-state index is 12.3. The number of benzene rings is 1. The maximum Gasteiger partial charge on any atom is 0.509 e. The van der Waals surface area contributed by atoms with Crippen molar-refractivity contribution in [2.24, 2.45) is 5.92 Å². The summed E-state index contributed by atoms with van der Waals surface area (Å²) in [5.74, 6) is -0.197. The van der Waals surface area contributed by atoms with Gasteiger partial charge in [-0.25, -0.2) is 9.59 Å². The maximum atomic E-state index is 12.3. The van der Waals surface area contributed by atoms with Crippen molar-refractivity contribution in [2.45, 2.75) is 44.2 Å². The largest absolute Gasteiger partial charge is 0.509 e. The molecule has 2 unspecified atom stereocenters. The summed E-state index contributed by atoms with van der Waals surface area (Å²) in [6.07, 6.45) is -1.55. The van der Waals surface area contributed by atoms with E-state index < -0.39 is 41.8 Å². The summed E-state index contributed by atoms with van der Waals surface area (Å²) in [6, 6.07) is 9.63. The molecule has 29 heavy (non-hydrogen) atoms. The number of rotatable bonds is 9. The van der Waals surface area contributed by atoms with Gasteiger partial charge in [0.25, 0.3) is 0 Å². The van der Waals surface area contributed by atoms with Crippen molar-refractivity contribution in [3.8, 4) is 0 Å². The molecule has 0 N–H and O–H groups in total. The summed E-state index contributed by atoms with van der Waals surface area (Å²) in [5, 5.41) is 0. The molecule has 2 rings (SSSR count). The summed E-state index contributed by atoms with van der Waals surface area (Å²) in [7, 11) is 1.31. The van der Waals surface area contributed by atoms with Crippen LogP contribution in [0.2, 0.25) is 0 Å². The van der Waals surface area contributed by atoms with Crippen LogP contribution < -0.4 is 0 Å². The van der Waals surface area contributed by atoms with Gasteiger partial charge in [-0.15, -0.1) is 11.8 Å². The van der Waals surface area contributed by atoms with E-state index in [1.165, 1.54) is 24.9 Å². The Morgan fingerprint density at radius 2 is 1.97 bits per heavy atom. The lowest BCUT2D eigenvalue weighted by molar-refractivity contribution is -0.206. The smallest absolute Gasteiger partial charge is 0.467 e. The number of ether oxygens (including phenoxy) is 5. The molecule has 7 nitrogen and oxygen atoms in total. The Balaban J connectivity index is 2.24. The van der Waals surface area contributed by atoms with Crippen molar-refractivity contribution in [3.05, 3.63) is 48.6 Å². The third-order valence-corrected chi connectivity index (χ3v) is 5.51. The number of thioether (sulfide) groups is 1. The van der Waals surface area contributed by atoms with Gasteiger partial charge in [0.05, 0.1) is 13.7 Å². The quantitative estimate of drug-likeness (QED) is 0.440. The fourth-order valence-corrected chi connectivity index (χ4v) is 3.99. The Bertz CT molecular complexity index is 666. The van der Waals surface area contributed by atoms with Gasteiger partial charge in [0.1, 0.15) is 18.1 Å². The molecule has 0 amide bonds. The summed E-state index contributed by atoms with van der Waals surface area (Å²) >= 11 is 1.42. The minimum absolute atomic E-state index is 0.0356. The molecular weight excluding hydrogens is 396 g/mol. The van der Waals surface area contributed by atoms with Crippen LogP contribution >= 0.6 is 11.8 Å².